The van der Waals surface area contributed by atoms with Gasteiger partial charge in [0, 0.05) is 23.6 Å². The quantitative estimate of drug-likeness (QED) is 0.826. The molecule has 0 radical (unpaired) electrons. The maximum atomic E-state index is 4.75. The third kappa shape index (κ3) is 3.22. The van der Waals surface area contributed by atoms with Crippen LogP contribution in [0.3, 0.4) is 0 Å². The summed E-state index contributed by atoms with van der Waals surface area (Å²) in [7, 11) is 0. The summed E-state index contributed by atoms with van der Waals surface area (Å²) < 4.78 is 0. The zero-order chi connectivity index (χ0) is 14.9. The average Bonchev–Trinajstić information content (AvgIpc) is 3.18. The van der Waals surface area contributed by atoms with Crippen molar-refractivity contribution >= 4 is 11.6 Å². The Morgan fingerprint density at radius 3 is 2.30 bits per heavy atom. The molecule has 1 aliphatic rings. The molecular weight excluding hydrogens is 248 g/mol. The Hall–Kier alpha value is -1.32. The Labute approximate surface area is 122 Å². The van der Waals surface area contributed by atoms with E-state index in [1.54, 1.807) is 0 Å². The molecule has 1 fully saturated rings. The van der Waals surface area contributed by atoms with Crippen LogP contribution in [-0.2, 0) is 0 Å². The Kier molecular flexibility index (Phi) is 4.21. The van der Waals surface area contributed by atoms with E-state index in [4.69, 9.17) is 4.98 Å². The molecule has 0 aliphatic heterocycles. The van der Waals surface area contributed by atoms with E-state index in [0.717, 1.165) is 35.5 Å². The van der Waals surface area contributed by atoms with Gasteiger partial charge in [-0.1, -0.05) is 13.8 Å². The molecule has 20 heavy (non-hydrogen) atoms. The molecular formula is C16H28N4. The van der Waals surface area contributed by atoms with Gasteiger partial charge in [0.05, 0.1) is 0 Å². The molecule has 1 aliphatic carbocycles. The van der Waals surface area contributed by atoms with Crippen LogP contribution in [0.1, 0.15) is 64.8 Å². The number of anilines is 2. The lowest BCUT2D eigenvalue weighted by atomic mass is 9.98. The summed E-state index contributed by atoms with van der Waals surface area (Å²) >= 11 is 0. The molecule has 1 heterocycles. The van der Waals surface area contributed by atoms with E-state index in [1.165, 1.54) is 12.8 Å². The molecule has 0 spiro atoms. The third-order valence-electron chi connectivity index (χ3n) is 4.06. The first-order valence-electron chi connectivity index (χ1n) is 7.75. The van der Waals surface area contributed by atoms with Crippen LogP contribution in [0.4, 0.5) is 11.6 Å². The molecule has 0 aromatic carbocycles. The van der Waals surface area contributed by atoms with Gasteiger partial charge in [-0.3, -0.25) is 0 Å². The summed E-state index contributed by atoms with van der Waals surface area (Å²) in [4.78, 5) is 9.40. The highest BCUT2D eigenvalue weighted by molar-refractivity contribution is 5.58. The maximum absolute atomic E-state index is 4.75. The maximum Gasteiger partial charge on any atom is 0.135 e. The van der Waals surface area contributed by atoms with E-state index in [-0.39, 0.29) is 5.54 Å². The minimum Gasteiger partial charge on any atom is -0.370 e. The zero-order valence-electron chi connectivity index (χ0n) is 13.7. The van der Waals surface area contributed by atoms with Gasteiger partial charge in [0.15, 0.2) is 0 Å². The number of nitrogens with one attached hydrogen (secondary N) is 2. The van der Waals surface area contributed by atoms with Gasteiger partial charge >= 0.3 is 0 Å². The van der Waals surface area contributed by atoms with Crippen molar-refractivity contribution < 1.29 is 0 Å². The molecule has 112 valence electrons. The summed E-state index contributed by atoms with van der Waals surface area (Å²) in [6.45, 7) is 13.9. The second-order valence-electron chi connectivity index (χ2n) is 6.71. The van der Waals surface area contributed by atoms with Crippen LogP contribution in [0.5, 0.6) is 0 Å². The van der Waals surface area contributed by atoms with Crippen molar-refractivity contribution in [3.8, 4) is 0 Å². The van der Waals surface area contributed by atoms with Crippen molar-refractivity contribution in [2.45, 2.75) is 65.8 Å². The lowest BCUT2D eigenvalue weighted by molar-refractivity contribution is 0.491. The molecule has 1 aromatic rings. The Morgan fingerprint density at radius 2 is 1.80 bits per heavy atom. The molecule has 0 unspecified atom stereocenters. The molecule has 0 atom stereocenters. The smallest absolute Gasteiger partial charge is 0.135 e. The second kappa shape index (κ2) is 5.58. The summed E-state index contributed by atoms with van der Waals surface area (Å²) in [5.74, 6) is 3.94. The highest BCUT2D eigenvalue weighted by Gasteiger charge is 2.38. The van der Waals surface area contributed by atoms with Crippen molar-refractivity contribution in [3.63, 3.8) is 0 Å². The largest absolute Gasteiger partial charge is 0.370 e. The van der Waals surface area contributed by atoms with Crippen molar-refractivity contribution in [2.75, 3.05) is 17.2 Å². The van der Waals surface area contributed by atoms with Crippen LogP contribution in [0.15, 0.2) is 0 Å². The molecule has 0 saturated heterocycles. The van der Waals surface area contributed by atoms with Crippen molar-refractivity contribution in [3.05, 3.63) is 11.4 Å². The van der Waals surface area contributed by atoms with E-state index >= 15 is 0 Å². The summed E-state index contributed by atoms with van der Waals surface area (Å²) in [6, 6.07) is 0. The van der Waals surface area contributed by atoms with Gasteiger partial charge in [-0.25, -0.2) is 9.97 Å². The summed E-state index contributed by atoms with van der Waals surface area (Å²) in [5.41, 5.74) is 1.22. The van der Waals surface area contributed by atoms with E-state index < -0.39 is 0 Å². The van der Waals surface area contributed by atoms with Crippen LogP contribution in [-0.4, -0.2) is 22.1 Å². The van der Waals surface area contributed by atoms with Gasteiger partial charge in [0.1, 0.15) is 17.5 Å². The molecule has 4 heteroatoms. The standard InChI is InChI=1S/C16H28N4/c1-7-17-14-11(4)15(19-13(18-14)10(2)3)20-16(5,6)12-8-9-12/h10,12H,7-9H2,1-6H3,(H2,17,18,19,20). The first-order valence-corrected chi connectivity index (χ1v) is 7.75. The second-order valence-corrected chi connectivity index (χ2v) is 6.71. The molecule has 4 nitrogen and oxygen atoms in total. The number of nitrogens with zero attached hydrogens (tertiary/aromatic N) is 2. The van der Waals surface area contributed by atoms with Crippen molar-refractivity contribution in [2.24, 2.45) is 5.92 Å². The van der Waals surface area contributed by atoms with Gasteiger partial charge < -0.3 is 10.6 Å². The normalized spacial score (nSPS) is 15.6. The number of hydrogen-bond donors (Lipinski definition) is 2. The van der Waals surface area contributed by atoms with Crippen molar-refractivity contribution in [1.82, 2.24) is 9.97 Å². The van der Waals surface area contributed by atoms with Gasteiger partial charge in [-0.2, -0.15) is 0 Å². The lowest BCUT2D eigenvalue weighted by Gasteiger charge is -2.28. The van der Waals surface area contributed by atoms with E-state index in [9.17, 15) is 0 Å². The van der Waals surface area contributed by atoms with Crippen molar-refractivity contribution in [1.29, 1.82) is 0 Å². The zero-order valence-corrected chi connectivity index (χ0v) is 13.7. The number of aromatic nitrogens is 2. The van der Waals surface area contributed by atoms with Gasteiger partial charge in [-0.15, -0.1) is 0 Å². The van der Waals surface area contributed by atoms with Gasteiger partial charge in [0.2, 0.25) is 0 Å². The highest BCUT2D eigenvalue weighted by Crippen LogP contribution is 2.41. The van der Waals surface area contributed by atoms with E-state index in [0.29, 0.717) is 5.92 Å². The average molecular weight is 276 g/mol. The lowest BCUT2D eigenvalue weighted by Crippen LogP contribution is -2.34. The van der Waals surface area contributed by atoms with Crippen LogP contribution < -0.4 is 10.6 Å². The highest BCUT2D eigenvalue weighted by atomic mass is 15.1. The SMILES string of the molecule is CCNc1nc(C(C)C)nc(NC(C)(C)C2CC2)c1C. The minimum absolute atomic E-state index is 0.108. The first-order chi connectivity index (χ1) is 9.35. The minimum atomic E-state index is 0.108. The van der Waals surface area contributed by atoms with E-state index in [1.807, 2.05) is 0 Å². The summed E-state index contributed by atoms with van der Waals surface area (Å²) in [5, 5.41) is 7.00. The predicted molar refractivity (Wildman–Crippen MR) is 85.4 cm³/mol. The Balaban J connectivity index is 2.34. The molecule has 0 amide bonds. The van der Waals surface area contributed by atoms with Crippen LogP contribution in [0.2, 0.25) is 0 Å². The Morgan fingerprint density at radius 1 is 1.20 bits per heavy atom. The summed E-state index contributed by atoms with van der Waals surface area (Å²) in [6.07, 6.45) is 2.64. The molecule has 1 saturated carbocycles. The molecule has 1 aromatic heterocycles. The number of hydrogen-bond acceptors (Lipinski definition) is 4. The molecule has 0 bridgehead atoms. The Bertz CT molecular complexity index is 476. The molecule has 2 rings (SSSR count). The van der Waals surface area contributed by atoms with Crippen LogP contribution >= 0.6 is 0 Å². The van der Waals surface area contributed by atoms with Crippen LogP contribution in [0, 0.1) is 12.8 Å². The number of rotatable bonds is 6. The first kappa shape index (κ1) is 15.1. The predicted octanol–water partition coefficient (Wildman–Crippen LogP) is 3.94. The van der Waals surface area contributed by atoms with E-state index in [2.05, 4.69) is 57.2 Å². The van der Waals surface area contributed by atoms with Gasteiger partial charge in [0.25, 0.3) is 0 Å². The monoisotopic (exact) mass is 276 g/mol. The fourth-order valence-corrected chi connectivity index (χ4v) is 2.47. The van der Waals surface area contributed by atoms with Gasteiger partial charge in [-0.05, 0) is 46.5 Å². The fourth-order valence-electron chi connectivity index (χ4n) is 2.47. The van der Waals surface area contributed by atoms with Crippen LogP contribution in [0.25, 0.3) is 0 Å². The third-order valence-corrected chi connectivity index (χ3v) is 4.06. The molecule has 2 N–H and O–H groups in total. The fraction of sp³-hybridized carbons (Fsp3) is 0.750. The topological polar surface area (TPSA) is 49.8 Å².